The number of aromatic nitrogens is 2. The second kappa shape index (κ2) is 7.25. The smallest absolute Gasteiger partial charge is 0.230 e. The zero-order valence-corrected chi connectivity index (χ0v) is 15.8. The number of ether oxygens (including phenoxy) is 1. The second-order valence-electron chi connectivity index (χ2n) is 6.37. The van der Waals surface area contributed by atoms with Gasteiger partial charge < -0.3 is 9.64 Å². The van der Waals surface area contributed by atoms with Gasteiger partial charge in [0.25, 0.3) is 0 Å². The minimum atomic E-state index is 0.523. The summed E-state index contributed by atoms with van der Waals surface area (Å²) in [5.74, 6) is 1.83. The largest absolute Gasteiger partial charge is 0.438 e. The van der Waals surface area contributed by atoms with E-state index in [9.17, 15) is 0 Å². The number of fused-ring (bicyclic) bond motifs is 1. The maximum Gasteiger partial charge on any atom is 0.230 e. The first-order valence-corrected chi connectivity index (χ1v) is 8.96. The van der Waals surface area contributed by atoms with Crippen LogP contribution in [0.1, 0.15) is 0 Å². The molecule has 1 aromatic heterocycles. The van der Waals surface area contributed by atoms with E-state index in [0.29, 0.717) is 22.5 Å². The van der Waals surface area contributed by atoms with Gasteiger partial charge in [-0.3, -0.25) is 0 Å². The number of benzene rings is 3. The van der Waals surface area contributed by atoms with E-state index >= 15 is 0 Å². The van der Waals surface area contributed by atoms with Crippen molar-refractivity contribution in [3.8, 4) is 23.0 Å². The summed E-state index contributed by atoms with van der Waals surface area (Å²) in [6, 6.07) is 23.2. The van der Waals surface area contributed by atoms with Gasteiger partial charge in [0.05, 0.1) is 10.9 Å². The van der Waals surface area contributed by atoms with Crippen molar-refractivity contribution < 1.29 is 4.74 Å². The van der Waals surface area contributed by atoms with Crippen LogP contribution in [0.15, 0.2) is 72.8 Å². The van der Waals surface area contributed by atoms with Gasteiger partial charge in [0, 0.05) is 30.4 Å². The van der Waals surface area contributed by atoms with Crippen LogP contribution in [0.25, 0.3) is 22.3 Å². The van der Waals surface area contributed by atoms with Gasteiger partial charge in [0.2, 0.25) is 5.88 Å². The molecular formula is C22H18ClN3O. The zero-order chi connectivity index (χ0) is 18.8. The second-order valence-corrected chi connectivity index (χ2v) is 6.80. The lowest BCUT2D eigenvalue weighted by Gasteiger charge is -2.13. The standard InChI is InChI=1S/C22H18ClN3O/c1-26(2)17-11-7-15(8-12-17)21-24-20-6-4-3-5-19(20)22(25-21)27-18-13-9-16(23)10-14-18/h3-14H,1-2H3. The Balaban J connectivity index is 1.79. The number of anilines is 1. The van der Waals surface area contributed by atoms with Crippen molar-refractivity contribution >= 4 is 28.2 Å². The van der Waals surface area contributed by atoms with Crippen molar-refractivity contribution in [2.75, 3.05) is 19.0 Å². The van der Waals surface area contributed by atoms with Gasteiger partial charge in [-0.15, -0.1) is 0 Å². The van der Waals surface area contributed by atoms with E-state index in [2.05, 4.69) is 9.88 Å². The molecule has 0 spiro atoms. The molecule has 0 fully saturated rings. The van der Waals surface area contributed by atoms with E-state index in [0.717, 1.165) is 22.2 Å². The molecule has 0 aliphatic heterocycles. The van der Waals surface area contributed by atoms with Gasteiger partial charge >= 0.3 is 0 Å². The summed E-state index contributed by atoms with van der Waals surface area (Å²) in [7, 11) is 4.03. The van der Waals surface area contributed by atoms with Gasteiger partial charge in [0.15, 0.2) is 5.82 Å². The van der Waals surface area contributed by atoms with Crippen LogP contribution in [-0.4, -0.2) is 24.1 Å². The highest BCUT2D eigenvalue weighted by atomic mass is 35.5. The van der Waals surface area contributed by atoms with Crippen LogP contribution >= 0.6 is 11.6 Å². The van der Waals surface area contributed by atoms with E-state index in [1.165, 1.54) is 0 Å². The molecule has 0 bridgehead atoms. The topological polar surface area (TPSA) is 38.2 Å². The van der Waals surface area contributed by atoms with Crippen LogP contribution < -0.4 is 9.64 Å². The maximum absolute atomic E-state index is 6.05. The first kappa shape index (κ1) is 17.3. The van der Waals surface area contributed by atoms with E-state index < -0.39 is 0 Å². The monoisotopic (exact) mass is 375 g/mol. The molecule has 27 heavy (non-hydrogen) atoms. The molecule has 0 atom stereocenters. The van der Waals surface area contributed by atoms with E-state index in [1.54, 1.807) is 12.1 Å². The third-order valence-corrected chi connectivity index (χ3v) is 4.49. The van der Waals surface area contributed by atoms with Gasteiger partial charge in [-0.05, 0) is 60.7 Å². The number of nitrogens with zero attached hydrogens (tertiary/aromatic N) is 3. The Morgan fingerprint density at radius 1 is 0.815 bits per heavy atom. The molecule has 3 aromatic carbocycles. The third-order valence-electron chi connectivity index (χ3n) is 4.24. The van der Waals surface area contributed by atoms with Crippen LogP contribution in [0, 0.1) is 0 Å². The molecule has 5 heteroatoms. The summed E-state index contributed by atoms with van der Waals surface area (Å²) in [6.07, 6.45) is 0. The molecule has 0 saturated carbocycles. The number of hydrogen-bond acceptors (Lipinski definition) is 4. The molecule has 0 N–H and O–H groups in total. The summed E-state index contributed by atoms with van der Waals surface area (Å²) in [4.78, 5) is 11.4. The molecular weight excluding hydrogens is 358 g/mol. The Morgan fingerprint density at radius 2 is 1.52 bits per heavy atom. The first-order valence-electron chi connectivity index (χ1n) is 8.58. The molecule has 0 radical (unpaired) electrons. The minimum absolute atomic E-state index is 0.523. The highest BCUT2D eigenvalue weighted by Gasteiger charge is 2.11. The van der Waals surface area contributed by atoms with Crippen molar-refractivity contribution in [3.63, 3.8) is 0 Å². The molecule has 134 valence electrons. The molecule has 4 nitrogen and oxygen atoms in total. The molecule has 4 aromatic rings. The lowest BCUT2D eigenvalue weighted by molar-refractivity contribution is 0.469. The molecule has 0 amide bonds. The maximum atomic E-state index is 6.05. The first-order chi connectivity index (χ1) is 13.1. The zero-order valence-electron chi connectivity index (χ0n) is 15.1. The summed E-state index contributed by atoms with van der Waals surface area (Å²) in [6.45, 7) is 0. The third kappa shape index (κ3) is 3.71. The molecule has 4 rings (SSSR count). The quantitative estimate of drug-likeness (QED) is 0.451. The Hall–Kier alpha value is -3.11. The van der Waals surface area contributed by atoms with Gasteiger partial charge in [0.1, 0.15) is 5.75 Å². The van der Waals surface area contributed by atoms with Crippen molar-refractivity contribution in [2.45, 2.75) is 0 Å². The highest BCUT2D eigenvalue weighted by Crippen LogP contribution is 2.31. The number of hydrogen-bond donors (Lipinski definition) is 0. The predicted octanol–water partition coefficient (Wildman–Crippen LogP) is 5.81. The Labute approximate surface area is 163 Å². The van der Waals surface area contributed by atoms with Crippen LogP contribution in [0.5, 0.6) is 11.6 Å². The Kier molecular flexibility index (Phi) is 4.65. The fourth-order valence-corrected chi connectivity index (χ4v) is 2.90. The SMILES string of the molecule is CN(C)c1ccc(-c2nc(Oc3ccc(Cl)cc3)c3ccccc3n2)cc1. The molecule has 0 aliphatic rings. The van der Waals surface area contributed by atoms with Crippen molar-refractivity contribution in [3.05, 3.63) is 77.8 Å². The van der Waals surface area contributed by atoms with Crippen molar-refractivity contribution in [1.82, 2.24) is 9.97 Å². The van der Waals surface area contributed by atoms with Crippen LogP contribution in [0.4, 0.5) is 5.69 Å². The van der Waals surface area contributed by atoms with Crippen LogP contribution in [0.3, 0.4) is 0 Å². The molecule has 0 saturated heterocycles. The Morgan fingerprint density at radius 3 is 2.22 bits per heavy atom. The van der Waals surface area contributed by atoms with E-state index in [-0.39, 0.29) is 0 Å². The predicted molar refractivity (Wildman–Crippen MR) is 111 cm³/mol. The van der Waals surface area contributed by atoms with Gasteiger partial charge in [-0.2, -0.15) is 4.98 Å². The highest BCUT2D eigenvalue weighted by molar-refractivity contribution is 6.30. The summed E-state index contributed by atoms with van der Waals surface area (Å²) >= 11 is 5.97. The fourth-order valence-electron chi connectivity index (χ4n) is 2.78. The van der Waals surface area contributed by atoms with E-state index in [4.69, 9.17) is 21.3 Å². The van der Waals surface area contributed by atoms with Crippen LogP contribution in [0.2, 0.25) is 5.02 Å². The van der Waals surface area contributed by atoms with Gasteiger partial charge in [-0.1, -0.05) is 23.7 Å². The summed E-state index contributed by atoms with van der Waals surface area (Å²) in [5, 5.41) is 1.53. The molecule has 0 aliphatic carbocycles. The lowest BCUT2D eigenvalue weighted by Crippen LogP contribution is -2.08. The fraction of sp³-hybridized carbons (Fsp3) is 0.0909. The van der Waals surface area contributed by atoms with Crippen molar-refractivity contribution in [1.29, 1.82) is 0 Å². The minimum Gasteiger partial charge on any atom is -0.438 e. The number of para-hydroxylation sites is 1. The van der Waals surface area contributed by atoms with Crippen molar-refractivity contribution in [2.24, 2.45) is 0 Å². The van der Waals surface area contributed by atoms with Crippen LogP contribution in [-0.2, 0) is 0 Å². The lowest BCUT2D eigenvalue weighted by atomic mass is 10.1. The van der Waals surface area contributed by atoms with Gasteiger partial charge in [-0.25, -0.2) is 4.98 Å². The number of halogens is 1. The normalized spacial score (nSPS) is 10.8. The average molecular weight is 376 g/mol. The Bertz CT molecular complexity index is 1080. The average Bonchev–Trinajstić information content (AvgIpc) is 2.69. The summed E-state index contributed by atoms with van der Waals surface area (Å²) < 4.78 is 6.05. The summed E-state index contributed by atoms with van der Waals surface area (Å²) in [5.41, 5.74) is 2.90. The van der Waals surface area contributed by atoms with E-state index in [1.807, 2.05) is 74.8 Å². The molecule has 0 unspecified atom stereocenters. The number of rotatable bonds is 4. The molecule has 1 heterocycles.